The molecule has 0 amide bonds. The van der Waals surface area contributed by atoms with Gasteiger partial charge in [0.15, 0.2) is 0 Å². The van der Waals surface area contributed by atoms with E-state index in [2.05, 4.69) is 22.8 Å². The SMILES string of the molecule is C=Nc1c(N=CC)c2cc(C#N)c(C#N)c(C#N)c2c2cc3ccccc3cc12. The summed E-state index contributed by atoms with van der Waals surface area (Å²) in [5, 5.41) is 33.8. The summed E-state index contributed by atoms with van der Waals surface area (Å²) in [7, 11) is 0. The van der Waals surface area contributed by atoms with Crippen LogP contribution in [0.5, 0.6) is 0 Å². The number of nitrogens with zero attached hydrogens (tertiary/aromatic N) is 5. The van der Waals surface area contributed by atoms with Gasteiger partial charge in [-0.3, -0.25) is 9.98 Å². The summed E-state index contributed by atoms with van der Waals surface area (Å²) in [6.45, 7) is 5.50. The molecule has 0 aromatic heterocycles. The van der Waals surface area contributed by atoms with Crippen LogP contribution in [0, 0.1) is 34.0 Å². The molecule has 0 bridgehead atoms. The van der Waals surface area contributed by atoms with Crippen LogP contribution in [0.15, 0.2) is 52.4 Å². The van der Waals surface area contributed by atoms with Crippen LogP contribution >= 0.6 is 0 Å². The summed E-state index contributed by atoms with van der Waals surface area (Å²) in [6, 6.07) is 19.7. The normalized spacial score (nSPS) is 10.8. The Morgan fingerprint density at radius 2 is 1.48 bits per heavy atom. The van der Waals surface area contributed by atoms with Crippen molar-refractivity contribution < 1.29 is 0 Å². The average molecular weight is 371 g/mol. The van der Waals surface area contributed by atoms with E-state index in [0.29, 0.717) is 22.1 Å². The van der Waals surface area contributed by atoms with Crippen molar-refractivity contribution in [2.75, 3.05) is 0 Å². The number of aliphatic imine (C=N–C) groups is 2. The van der Waals surface area contributed by atoms with E-state index >= 15 is 0 Å². The first-order valence-corrected chi connectivity index (χ1v) is 8.83. The molecule has 0 unspecified atom stereocenters. The van der Waals surface area contributed by atoms with E-state index in [0.717, 1.165) is 21.5 Å². The Kier molecular flexibility index (Phi) is 4.24. The van der Waals surface area contributed by atoms with Crippen LogP contribution in [0.1, 0.15) is 23.6 Å². The van der Waals surface area contributed by atoms with Crippen LogP contribution < -0.4 is 0 Å². The molecule has 5 nitrogen and oxygen atoms in total. The van der Waals surface area contributed by atoms with E-state index in [1.807, 2.05) is 48.5 Å². The van der Waals surface area contributed by atoms with Crippen molar-refractivity contribution >= 4 is 56.6 Å². The molecule has 4 aromatic carbocycles. The molecule has 0 aliphatic heterocycles. The van der Waals surface area contributed by atoms with Crippen molar-refractivity contribution in [1.82, 2.24) is 0 Å². The van der Waals surface area contributed by atoms with Crippen molar-refractivity contribution in [3.63, 3.8) is 0 Å². The molecule has 0 fully saturated rings. The molecule has 0 saturated heterocycles. The fraction of sp³-hybridized carbons (Fsp3) is 0.0417. The Morgan fingerprint density at radius 1 is 0.828 bits per heavy atom. The molecule has 0 radical (unpaired) electrons. The third-order valence-electron chi connectivity index (χ3n) is 4.98. The maximum Gasteiger partial charge on any atom is 0.102 e. The van der Waals surface area contributed by atoms with E-state index in [1.54, 1.807) is 19.2 Å². The minimum absolute atomic E-state index is 0.0719. The first kappa shape index (κ1) is 17.9. The van der Waals surface area contributed by atoms with Gasteiger partial charge in [-0.1, -0.05) is 24.3 Å². The summed E-state index contributed by atoms with van der Waals surface area (Å²) in [4.78, 5) is 8.71. The highest BCUT2D eigenvalue weighted by atomic mass is 14.8. The molecule has 0 spiro atoms. The third-order valence-corrected chi connectivity index (χ3v) is 4.98. The molecular weight excluding hydrogens is 358 g/mol. The second-order valence-corrected chi connectivity index (χ2v) is 6.42. The predicted octanol–water partition coefficient (Wildman–Crippen LogP) is 5.82. The first-order valence-electron chi connectivity index (χ1n) is 8.83. The standard InChI is InChI=1S/C24H13N5/c1-3-29-24-19-10-16(11-25)20(12-26)21(13-27)22(19)17-8-14-6-4-5-7-15(14)9-18(17)23(24)28-2/h3-10H,2H2,1H3. The summed E-state index contributed by atoms with van der Waals surface area (Å²) < 4.78 is 0. The lowest BCUT2D eigenvalue weighted by Crippen LogP contribution is -1.94. The van der Waals surface area contributed by atoms with Gasteiger partial charge in [0.2, 0.25) is 0 Å². The molecule has 4 aromatic rings. The molecule has 0 saturated carbocycles. The first-order chi connectivity index (χ1) is 14.2. The van der Waals surface area contributed by atoms with Gasteiger partial charge in [0.25, 0.3) is 0 Å². The lowest BCUT2D eigenvalue weighted by molar-refractivity contribution is 1.41. The van der Waals surface area contributed by atoms with E-state index < -0.39 is 0 Å². The zero-order valence-electron chi connectivity index (χ0n) is 15.6. The number of fused-ring (bicyclic) bond motifs is 4. The zero-order chi connectivity index (χ0) is 20.5. The maximum atomic E-state index is 9.90. The Morgan fingerprint density at radius 3 is 2.03 bits per heavy atom. The van der Waals surface area contributed by atoms with Gasteiger partial charge in [0.05, 0.1) is 28.1 Å². The number of hydrogen-bond donors (Lipinski definition) is 0. The van der Waals surface area contributed by atoms with Crippen molar-refractivity contribution in [2.24, 2.45) is 9.98 Å². The van der Waals surface area contributed by atoms with Crippen LogP contribution in [0.2, 0.25) is 0 Å². The molecule has 0 aliphatic rings. The molecule has 4 rings (SSSR count). The largest absolute Gasteiger partial charge is 0.262 e. The highest BCUT2D eigenvalue weighted by Gasteiger charge is 2.21. The smallest absolute Gasteiger partial charge is 0.102 e. The third kappa shape index (κ3) is 2.52. The fourth-order valence-electron chi connectivity index (χ4n) is 3.78. The van der Waals surface area contributed by atoms with Crippen molar-refractivity contribution in [3.8, 4) is 18.2 Å². The van der Waals surface area contributed by atoms with Gasteiger partial charge < -0.3 is 0 Å². The van der Waals surface area contributed by atoms with Gasteiger partial charge in [0, 0.05) is 22.4 Å². The van der Waals surface area contributed by atoms with Crippen LogP contribution in [-0.4, -0.2) is 12.9 Å². The van der Waals surface area contributed by atoms with E-state index in [9.17, 15) is 15.8 Å². The Hall–Kier alpha value is -4.53. The van der Waals surface area contributed by atoms with E-state index in [4.69, 9.17) is 0 Å². The van der Waals surface area contributed by atoms with Crippen LogP contribution in [0.25, 0.3) is 32.3 Å². The topological polar surface area (TPSA) is 96.1 Å². The number of hydrogen-bond acceptors (Lipinski definition) is 5. The van der Waals surface area contributed by atoms with Crippen molar-refractivity contribution in [2.45, 2.75) is 6.92 Å². The molecule has 134 valence electrons. The Bertz CT molecular complexity index is 1510. The molecular formula is C24H13N5. The predicted molar refractivity (Wildman–Crippen MR) is 116 cm³/mol. The molecule has 0 atom stereocenters. The minimum Gasteiger partial charge on any atom is -0.262 e. The second kappa shape index (κ2) is 6.89. The summed E-state index contributed by atoms with van der Waals surface area (Å²) in [6.07, 6.45) is 1.63. The van der Waals surface area contributed by atoms with Gasteiger partial charge in [-0.2, -0.15) is 15.8 Å². The van der Waals surface area contributed by atoms with E-state index in [1.165, 1.54) is 0 Å². The van der Waals surface area contributed by atoms with Gasteiger partial charge in [-0.05, 0) is 48.0 Å². The summed E-state index contributed by atoms with van der Waals surface area (Å²) in [5.41, 5.74) is 1.48. The number of rotatable bonds is 2. The quantitative estimate of drug-likeness (QED) is 0.252. The monoisotopic (exact) mass is 371 g/mol. The molecule has 0 heterocycles. The second-order valence-electron chi connectivity index (χ2n) is 6.42. The fourth-order valence-corrected chi connectivity index (χ4v) is 3.78. The molecule has 29 heavy (non-hydrogen) atoms. The Balaban J connectivity index is 2.45. The highest BCUT2D eigenvalue weighted by Crippen LogP contribution is 2.46. The molecule has 5 heteroatoms. The lowest BCUT2D eigenvalue weighted by Gasteiger charge is -2.15. The number of nitriles is 3. The minimum atomic E-state index is 0.0719. The molecule has 0 aliphatic carbocycles. The molecule has 0 N–H and O–H groups in total. The van der Waals surface area contributed by atoms with Crippen LogP contribution in [-0.2, 0) is 0 Å². The summed E-state index contributed by atoms with van der Waals surface area (Å²) >= 11 is 0. The Labute approximate surface area is 167 Å². The lowest BCUT2D eigenvalue weighted by atomic mass is 9.89. The van der Waals surface area contributed by atoms with Crippen LogP contribution in [0.4, 0.5) is 11.4 Å². The van der Waals surface area contributed by atoms with Gasteiger partial charge in [-0.15, -0.1) is 0 Å². The highest BCUT2D eigenvalue weighted by molar-refractivity contribution is 6.23. The average Bonchev–Trinajstić information content (AvgIpc) is 2.76. The van der Waals surface area contributed by atoms with Gasteiger partial charge in [-0.25, -0.2) is 0 Å². The van der Waals surface area contributed by atoms with E-state index in [-0.39, 0.29) is 16.7 Å². The van der Waals surface area contributed by atoms with Crippen LogP contribution in [0.3, 0.4) is 0 Å². The van der Waals surface area contributed by atoms with Gasteiger partial charge >= 0.3 is 0 Å². The van der Waals surface area contributed by atoms with Crippen molar-refractivity contribution in [1.29, 1.82) is 15.8 Å². The number of benzene rings is 4. The van der Waals surface area contributed by atoms with Crippen molar-refractivity contribution in [3.05, 3.63) is 59.2 Å². The van der Waals surface area contributed by atoms with Gasteiger partial charge in [0.1, 0.15) is 18.2 Å². The summed E-state index contributed by atoms with van der Waals surface area (Å²) in [5.74, 6) is 0. The maximum absolute atomic E-state index is 9.90. The zero-order valence-corrected chi connectivity index (χ0v) is 15.6.